The number of nitrogens with two attached hydrogens (primary N) is 1. The van der Waals surface area contributed by atoms with Crippen LogP contribution < -0.4 is 5.73 Å². The first-order valence-electron chi connectivity index (χ1n) is 5.34. The van der Waals surface area contributed by atoms with E-state index < -0.39 is 11.0 Å². The van der Waals surface area contributed by atoms with Crippen molar-refractivity contribution in [3.05, 3.63) is 0 Å². The van der Waals surface area contributed by atoms with Gasteiger partial charge < -0.3 is 15.7 Å². The first-order valence-corrected chi connectivity index (χ1v) is 5.34. The summed E-state index contributed by atoms with van der Waals surface area (Å²) in [6.07, 6.45) is 0.703. The maximum absolute atomic E-state index is 12.2. The largest absolute Gasteiger partial charge is 0.394 e. The topological polar surface area (TPSA) is 66.6 Å². The van der Waals surface area contributed by atoms with Crippen LogP contribution in [0.1, 0.15) is 34.1 Å². The molecule has 0 fully saturated rings. The van der Waals surface area contributed by atoms with Crippen molar-refractivity contribution < 1.29 is 9.90 Å². The highest BCUT2D eigenvalue weighted by molar-refractivity contribution is 5.83. The van der Waals surface area contributed by atoms with Crippen LogP contribution in [0.15, 0.2) is 0 Å². The van der Waals surface area contributed by atoms with Crippen molar-refractivity contribution in [2.24, 2.45) is 11.1 Å². The molecule has 0 rings (SSSR count). The van der Waals surface area contributed by atoms with Crippen molar-refractivity contribution in [3.63, 3.8) is 0 Å². The average molecular weight is 216 g/mol. The lowest BCUT2D eigenvalue weighted by Gasteiger charge is -2.39. The second kappa shape index (κ2) is 4.94. The molecular formula is C11H24N2O2. The zero-order chi connectivity index (χ0) is 12.3. The van der Waals surface area contributed by atoms with E-state index in [1.165, 1.54) is 0 Å². The number of hydrogen-bond acceptors (Lipinski definition) is 3. The van der Waals surface area contributed by atoms with Crippen LogP contribution >= 0.6 is 0 Å². The highest BCUT2D eigenvalue weighted by Crippen LogP contribution is 2.25. The number of likely N-dealkylation sites (N-methyl/N-ethyl adjacent to an activating group) is 1. The zero-order valence-corrected chi connectivity index (χ0v) is 10.5. The number of aliphatic hydroxyl groups excluding tert-OH is 1. The molecule has 0 aliphatic rings. The van der Waals surface area contributed by atoms with Crippen molar-refractivity contribution in [1.82, 2.24) is 4.90 Å². The van der Waals surface area contributed by atoms with Crippen molar-refractivity contribution in [3.8, 4) is 0 Å². The van der Waals surface area contributed by atoms with Crippen LogP contribution in [-0.4, -0.2) is 41.7 Å². The van der Waals surface area contributed by atoms with Crippen molar-refractivity contribution >= 4 is 5.91 Å². The summed E-state index contributed by atoms with van der Waals surface area (Å²) in [5.74, 6) is -0.00782. The molecule has 0 spiro atoms. The molecule has 1 amide bonds. The summed E-state index contributed by atoms with van der Waals surface area (Å²) < 4.78 is 0. The summed E-state index contributed by atoms with van der Waals surface area (Å²) in [6, 6.07) is 0. The minimum absolute atomic E-state index is 0.00782. The first kappa shape index (κ1) is 14.4. The molecule has 4 nitrogen and oxygen atoms in total. The van der Waals surface area contributed by atoms with E-state index >= 15 is 0 Å². The van der Waals surface area contributed by atoms with Crippen LogP contribution in [0.4, 0.5) is 0 Å². The molecule has 0 aromatic carbocycles. The van der Waals surface area contributed by atoms with Gasteiger partial charge >= 0.3 is 0 Å². The molecule has 4 heteroatoms. The molecule has 1 unspecified atom stereocenters. The molecule has 0 saturated carbocycles. The van der Waals surface area contributed by atoms with Gasteiger partial charge in [-0.2, -0.15) is 0 Å². The van der Waals surface area contributed by atoms with Gasteiger partial charge in [0.1, 0.15) is 0 Å². The Labute approximate surface area is 92.4 Å². The quantitative estimate of drug-likeness (QED) is 0.707. The Kier molecular flexibility index (Phi) is 4.74. The lowest BCUT2D eigenvalue weighted by atomic mass is 9.84. The lowest BCUT2D eigenvalue weighted by molar-refractivity contribution is -0.146. The van der Waals surface area contributed by atoms with Gasteiger partial charge in [-0.15, -0.1) is 0 Å². The molecule has 3 N–H and O–H groups in total. The Hall–Kier alpha value is -0.610. The van der Waals surface area contributed by atoms with E-state index in [1.54, 1.807) is 11.9 Å². The molecular weight excluding hydrogens is 192 g/mol. The van der Waals surface area contributed by atoms with E-state index in [0.29, 0.717) is 13.0 Å². The monoisotopic (exact) mass is 216 g/mol. The maximum Gasteiger partial charge on any atom is 0.230 e. The third-order valence-corrected chi connectivity index (χ3v) is 3.35. The third kappa shape index (κ3) is 2.92. The van der Waals surface area contributed by atoms with Gasteiger partial charge in [-0.05, 0) is 27.2 Å². The Bertz CT molecular complexity index is 223. The van der Waals surface area contributed by atoms with Gasteiger partial charge in [0.05, 0.1) is 17.6 Å². The van der Waals surface area contributed by atoms with Gasteiger partial charge in [-0.25, -0.2) is 0 Å². The number of carbonyl (C=O) groups is 1. The van der Waals surface area contributed by atoms with Crippen molar-refractivity contribution in [1.29, 1.82) is 0 Å². The van der Waals surface area contributed by atoms with Crippen molar-refractivity contribution in [2.75, 3.05) is 20.2 Å². The summed E-state index contributed by atoms with van der Waals surface area (Å²) in [5.41, 5.74) is 4.57. The molecule has 0 saturated heterocycles. The molecule has 15 heavy (non-hydrogen) atoms. The number of hydrogen-bond donors (Lipinski definition) is 2. The van der Waals surface area contributed by atoms with Crippen LogP contribution in [0.2, 0.25) is 0 Å². The highest BCUT2D eigenvalue weighted by atomic mass is 16.3. The Balaban J connectivity index is 4.86. The number of rotatable bonds is 5. The predicted molar refractivity (Wildman–Crippen MR) is 61.4 cm³/mol. The van der Waals surface area contributed by atoms with E-state index in [-0.39, 0.29) is 12.5 Å². The molecule has 0 radical (unpaired) electrons. The average Bonchev–Trinajstić information content (AvgIpc) is 2.25. The maximum atomic E-state index is 12.2. The van der Waals surface area contributed by atoms with E-state index in [4.69, 9.17) is 5.73 Å². The predicted octanol–water partition coefficient (Wildman–Crippen LogP) is 0.591. The van der Waals surface area contributed by atoms with Crippen LogP contribution in [0.5, 0.6) is 0 Å². The normalized spacial score (nSPS) is 15.9. The van der Waals surface area contributed by atoms with Gasteiger partial charge in [-0.1, -0.05) is 6.92 Å². The number of nitrogens with zero attached hydrogens (tertiary/aromatic N) is 1. The Morgan fingerprint density at radius 2 is 1.87 bits per heavy atom. The molecule has 0 aliphatic carbocycles. The van der Waals surface area contributed by atoms with Crippen LogP contribution in [-0.2, 0) is 4.79 Å². The molecule has 0 aromatic heterocycles. The van der Waals surface area contributed by atoms with Gasteiger partial charge in [0, 0.05) is 13.6 Å². The molecule has 1 atom stereocenters. The summed E-state index contributed by atoms with van der Waals surface area (Å²) in [5, 5.41) is 9.20. The second-order valence-corrected chi connectivity index (χ2v) is 4.95. The standard InChI is InChI=1S/C11H24N2O2/c1-6-11(4,7-12)9(15)13(5)10(2,3)8-14/h14H,6-8,12H2,1-5H3. The third-order valence-electron chi connectivity index (χ3n) is 3.35. The first-order chi connectivity index (χ1) is 6.75. The summed E-state index contributed by atoms with van der Waals surface area (Å²) in [6.45, 7) is 7.74. The molecule has 90 valence electrons. The van der Waals surface area contributed by atoms with Gasteiger partial charge in [0.15, 0.2) is 0 Å². The fraction of sp³-hybridized carbons (Fsp3) is 0.909. The summed E-state index contributed by atoms with van der Waals surface area (Å²) >= 11 is 0. The SMILES string of the molecule is CCC(C)(CN)C(=O)N(C)C(C)(C)CO. The Morgan fingerprint density at radius 1 is 1.40 bits per heavy atom. The molecule has 0 bridgehead atoms. The minimum Gasteiger partial charge on any atom is -0.394 e. The van der Waals surface area contributed by atoms with Crippen molar-refractivity contribution in [2.45, 2.75) is 39.7 Å². The van der Waals surface area contributed by atoms with Gasteiger partial charge in [-0.3, -0.25) is 4.79 Å². The highest BCUT2D eigenvalue weighted by Gasteiger charge is 2.37. The zero-order valence-electron chi connectivity index (χ0n) is 10.5. The van der Waals surface area contributed by atoms with E-state index in [1.807, 2.05) is 27.7 Å². The molecule has 0 aliphatic heterocycles. The van der Waals surface area contributed by atoms with Gasteiger partial charge in [0.2, 0.25) is 5.91 Å². The van der Waals surface area contributed by atoms with Gasteiger partial charge in [0.25, 0.3) is 0 Å². The van der Waals surface area contributed by atoms with E-state index in [0.717, 1.165) is 0 Å². The van der Waals surface area contributed by atoms with E-state index in [2.05, 4.69) is 0 Å². The fourth-order valence-corrected chi connectivity index (χ4v) is 1.17. The van der Waals surface area contributed by atoms with Crippen LogP contribution in [0, 0.1) is 5.41 Å². The molecule has 0 aromatic rings. The second-order valence-electron chi connectivity index (χ2n) is 4.95. The van der Waals surface area contributed by atoms with E-state index in [9.17, 15) is 9.90 Å². The van der Waals surface area contributed by atoms with Crippen LogP contribution in [0.25, 0.3) is 0 Å². The minimum atomic E-state index is -0.539. The summed E-state index contributed by atoms with van der Waals surface area (Å²) in [4.78, 5) is 13.8. The number of aliphatic hydroxyl groups is 1. The smallest absolute Gasteiger partial charge is 0.230 e. The fourth-order valence-electron chi connectivity index (χ4n) is 1.17. The summed E-state index contributed by atoms with van der Waals surface area (Å²) in [7, 11) is 1.71. The lowest BCUT2D eigenvalue weighted by Crippen LogP contribution is -2.54. The van der Waals surface area contributed by atoms with Crippen LogP contribution in [0.3, 0.4) is 0 Å². The molecule has 0 heterocycles. The Morgan fingerprint density at radius 3 is 2.13 bits per heavy atom. The number of amides is 1. The number of carbonyl (C=O) groups excluding carboxylic acids is 1.